The number of hydrogen-bond acceptors (Lipinski definition) is 3. The fraction of sp³-hybridized carbons (Fsp3) is 0.538. The Morgan fingerprint density at radius 2 is 1.94 bits per heavy atom. The van der Waals surface area contributed by atoms with Gasteiger partial charge in [0.2, 0.25) is 0 Å². The van der Waals surface area contributed by atoms with Gasteiger partial charge in [-0.1, -0.05) is 18.2 Å². The van der Waals surface area contributed by atoms with E-state index in [0.717, 1.165) is 31.9 Å². The standard InChI is InChI=1S/C13H22N2O/c1-12(14)8-9-15(2)10-11-16-13-6-4-3-5-7-13/h3-7,12H,8-11,14H2,1-2H3. The minimum atomic E-state index is 0.275. The fourth-order valence-electron chi connectivity index (χ4n) is 1.37. The van der Waals surface area contributed by atoms with Gasteiger partial charge < -0.3 is 15.4 Å². The van der Waals surface area contributed by atoms with Gasteiger partial charge >= 0.3 is 0 Å². The third-order valence-corrected chi connectivity index (χ3v) is 2.45. The third-order valence-electron chi connectivity index (χ3n) is 2.45. The van der Waals surface area contributed by atoms with E-state index in [4.69, 9.17) is 10.5 Å². The number of hydrogen-bond donors (Lipinski definition) is 1. The van der Waals surface area contributed by atoms with Crippen LogP contribution in [0.15, 0.2) is 30.3 Å². The summed E-state index contributed by atoms with van der Waals surface area (Å²) in [5.41, 5.74) is 5.70. The number of nitrogens with zero attached hydrogens (tertiary/aromatic N) is 1. The van der Waals surface area contributed by atoms with Crippen LogP contribution < -0.4 is 10.5 Å². The molecular formula is C13H22N2O. The summed E-state index contributed by atoms with van der Waals surface area (Å²) in [7, 11) is 2.09. The largest absolute Gasteiger partial charge is 0.492 e. The van der Waals surface area contributed by atoms with Crippen molar-refractivity contribution >= 4 is 0 Å². The number of para-hydroxylation sites is 1. The highest BCUT2D eigenvalue weighted by atomic mass is 16.5. The van der Waals surface area contributed by atoms with Gasteiger partial charge in [0.25, 0.3) is 0 Å². The summed E-state index contributed by atoms with van der Waals surface area (Å²) in [5.74, 6) is 0.933. The first-order valence-corrected chi connectivity index (χ1v) is 5.80. The van der Waals surface area contributed by atoms with Crippen molar-refractivity contribution in [3.05, 3.63) is 30.3 Å². The Balaban J connectivity index is 2.11. The molecule has 0 spiro atoms. The van der Waals surface area contributed by atoms with E-state index < -0.39 is 0 Å². The van der Waals surface area contributed by atoms with E-state index in [9.17, 15) is 0 Å². The molecular weight excluding hydrogens is 200 g/mol. The average molecular weight is 222 g/mol. The van der Waals surface area contributed by atoms with Gasteiger partial charge in [-0.3, -0.25) is 0 Å². The van der Waals surface area contributed by atoms with Crippen LogP contribution in [0, 0.1) is 0 Å². The number of ether oxygens (including phenoxy) is 1. The maximum absolute atomic E-state index is 5.70. The molecule has 0 amide bonds. The highest BCUT2D eigenvalue weighted by Crippen LogP contribution is 2.07. The Kier molecular flexibility index (Phi) is 5.90. The first-order valence-electron chi connectivity index (χ1n) is 5.80. The lowest BCUT2D eigenvalue weighted by atomic mass is 10.2. The molecule has 0 aromatic heterocycles. The Morgan fingerprint density at radius 3 is 2.56 bits per heavy atom. The zero-order chi connectivity index (χ0) is 11.8. The maximum atomic E-state index is 5.70. The Bertz CT molecular complexity index is 275. The van der Waals surface area contributed by atoms with Gasteiger partial charge in [0.1, 0.15) is 12.4 Å². The molecule has 0 saturated carbocycles. The summed E-state index contributed by atoms with van der Waals surface area (Å²) in [6, 6.07) is 10.2. The predicted molar refractivity (Wildman–Crippen MR) is 67.7 cm³/mol. The molecule has 0 bridgehead atoms. The number of benzene rings is 1. The summed E-state index contributed by atoms with van der Waals surface area (Å²) in [6.45, 7) is 4.71. The van der Waals surface area contributed by atoms with E-state index in [0.29, 0.717) is 0 Å². The molecule has 90 valence electrons. The normalized spacial score (nSPS) is 12.8. The van der Waals surface area contributed by atoms with E-state index in [1.165, 1.54) is 0 Å². The van der Waals surface area contributed by atoms with Crippen LogP contribution in [0.3, 0.4) is 0 Å². The van der Waals surface area contributed by atoms with Crippen molar-refractivity contribution < 1.29 is 4.74 Å². The van der Waals surface area contributed by atoms with Crippen LogP contribution >= 0.6 is 0 Å². The molecule has 1 atom stereocenters. The molecule has 0 saturated heterocycles. The van der Waals surface area contributed by atoms with Crippen LogP contribution in [0.1, 0.15) is 13.3 Å². The number of nitrogens with two attached hydrogens (primary N) is 1. The van der Waals surface area contributed by atoms with Crippen molar-refractivity contribution in [1.29, 1.82) is 0 Å². The van der Waals surface area contributed by atoms with E-state index in [-0.39, 0.29) is 6.04 Å². The molecule has 3 nitrogen and oxygen atoms in total. The zero-order valence-corrected chi connectivity index (χ0v) is 10.2. The lowest BCUT2D eigenvalue weighted by molar-refractivity contribution is 0.233. The Morgan fingerprint density at radius 1 is 1.25 bits per heavy atom. The molecule has 0 radical (unpaired) electrons. The first kappa shape index (κ1) is 13.0. The van der Waals surface area contributed by atoms with Crippen molar-refractivity contribution in [2.45, 2.75) is 19.4 Å². The van der Waals surface area contributed by atoms with Gasteiger partial charge in [-0.15, -0.1) is 0 Å². The van der Waals surface area contributed by atoms with Crippen LogP contribution in [-0.4, -0.2) is 37.7 Å². The minimum Gasteiger partial charge on any atom is -0.492 e. The molecule has 1 unspecified atom stereocenters. The zero-order valence-electron chi connectivity index (χ0n) is 10.2. The van der Waals surface area contributed by atoms with E-state index >= 15 is 0 Å². The van der Waals surface area contributed by atoms with Crippen LogP contribution in [0.4, 0.5) is 0 Å². The molecule has 0 fully saturated rings. The van der Waals surface area contributed by atoms with Crippen molar-refractivity contribution in [1.82, 2.24) is 4.90 Å². The molecule has 0 aliphatic rings. The van der Waals surface area contributed by atoms with Crippen molar-refractivity contribution in [2.24, 2.45) is 5.73 Å². The number of rotatable bonds is 7. The average Bonchev–Trinajstić information content (AvgIpc) is 2.28. The summed E-state index contributed by atoms with van der Waals surface area (Å²) >= 11 is 0. The fourth-order valence-corrected chi connectivity index (χ4v) is 1.37. The van der Waals surface area contributed by atoms with Crippen molar-refractivity contribution in [2.75, 3.05) is 26.7 Å². The topological polar surface area (TPSA) is 38.5 Å². The van der Waals surface area contributed by atoms with Gasteiger partial charge in [0, 0.05) is 12.6 Å². The van der Waals surface area contributed by atoms with E-state index in [1.807, 2.05) is 37.3 Å². The lowest BCUT2D eigenvalue weighted by Crippen LogP contribution is -2.29. The van der Waals surface area contributed by atoms with Crippen LogP contribution in [0.5, 0.6) is 5.75 Å². The maximum Gasteiger partial charge on any atom is 0.119 e. The molecule has 0 aliphatic carbocycles. The van der Waals surface area contributed by atoms with Gasteiger partial charge in [-0.2, -0.15) is 0 Å². The second kappa shape index (κ2) is 7.25. The van der Waals surface area contributed by atoms with E-state index in [1.54, 1.807) is 0 Å². The summed E-state index contributed by atoms with van der Waals surface area (Å²) in [5, 5.41) is 0. The Hall–Kier alpha value is -1.06. The highest BCUT2D eigenvalue weighted by Gasteiger charge is 2.00. The third kappa shape index (κ3) is 5.73. The van der Waals surface area contributed by atoms with Crippen LogP contribution in [0.25, 0.3) is 0 Å². The smallest absolute Gasteiger partial charge is 0.119 e. The van der Waals surface area contributed by atoms with Crippen molar-refractivity contribution in [3.63, 3.8) is 0 Å². The molecule has 0 aliphatic heterocycles. The van der Waals surface area contributed by atoms with Gasteiger partial charge in [0.15, 0.2) is 0 Å². The SMILES string of the molecule is CC(N)CCN(C)CCOc1ccccc1. The quantitative estimate of drug-likeness (QED) is 0.763. The monoisotopic (exact) mass is 222 g/mol. The second-order valence-electron chi connectivity index (χ2n) is 4.23. The number of likely N-dealkylation sites (N-methyl/N-ethyl adjacent to an activating group) is 1. The summed E-state index contributed by atoms with van der Waals surface area (Å²) < 4.78 is 5.61. The second-order valence-corrected chi connectivity index (χ2v) is 4.23. The molecule has 1 aromatic rings. The van der Waals surface area contributed by atoms with Crippen LogP contribution in [0.2, 0.25) is 0 Å². The van der Waals surface area contributed by atoms with Gasteiger partial charge in [-0.05, 0) is 39.1 Å². The minimum absolute atomic E-state index is 0.275. The van der Waals surface area contributed by atoms with E-state index in [2.05, 4.69) is 11.9 Å². The molecule has 2 N–H and O–H groups in total. The van der Waals surface area contributed by atoms with Gasteiger partial charge in [0.05, 0.1) is 0 Å². The molecule has 1 rings (SSSR count). The molecule has 1 aromatic carbocycles. The molecule has 16 heavy (non-hydrogen) atoms. The first-order chi connectivity index (χ1) is 7.68. The molecule has 3 heteroatoms. The van der Waals surface area contributed by atoms with Crippen molar-refractivity contribution in [3.8, 4) is 5.75 Å². The Labute approximate surface area is 98.2 Å². The molecule has 0 heterocycles. The van der Waals surface area contributed by atoms with Crippen LogP contribution in [-0.2, 0) is 0 Å². The summed E-state index contributed by atoms with van der Waals surface area (Å²) in [4.78, 5) is 2.24. The lowest BCUT2D eigenvalue weighted by Gasteiger charge is -2.17. The highest BCUT2D eigenvalue weighted by molar-refractivity contribution is 5.20. The summed E-state index contributed by atoms with van der Waals surface area (Å²) in [6.07, 6.45) is 1.03. The van der Waals surface area contributed by atoms with Gasteiger partial charge in [-0.25, -0.2) is 0 Å². The predicted octanol–water partition coefficient (Wildman–Crippen LogP) is 1.73.